The highest BCUT2D eigenvalue weighted by Crippen LogP contribution is 2.40. The Morgan fingerprint density at radius 1 is 0.884 bits per heavy atom. The molecule has 0 atom stereocenters. The Labute approximate surface area is 249 Å². The monoisotopic (exact) mass is 613 g/mol. The van der Waals surface area contributed by atoms with E-state index in [0.717, 1.165) is 6.42 Å². The van der Waals surface area contributed by atoms with Gasteiger partial charge in [-0.2, -0.15) is 0 Å². The quantitative estimate of drug-likeness (QED) is 0.218. The lowest BCUT2D eigenvalue weighted by Gasteiger charge is -2.21. The number of para-hydroxylation sites is 1. The number of rotatable bonds is 13. The Kier molecular flexibility index (Phi) is 9.02. The Morgan fingerprint density at radius 3 is 2.28 bits per heavy atom. The normalized spacial score (nSPS) is 12.7. The Balaban J connectivity index is 1.56. The number of sulfonamides is 1. The van der Waals surface area contributed by atoms with E-state index in [2.05, 4.69) is 4.72 Å². The molecule has 0 aliphatic carbocycles. The van der Waals surface area contributed by atoms with Crippen LogP contribution < -0.4 is 34.1 Å². The summed E-state index contributed by atoms with van der Waals surface area (Å²) in [4.78, 5) is 12.7. The minimum absolute atomic E-state index is 0.0839. The Morgan fingerprint density at radius 2 is 1.56 bits per heavy atom. The number of methoxy groups -OCH3 is 1. The minimum Gasteiger partial charge on any atom is -0.493 e. The smallest absolute Gasteiger partial charge is 0.328 e. The van der Waals surface area contributed by atoms with Gasteiger partial charge in [-0.15, -0.1) is 0 Å². The summed E-state index contributed by atoms with van der Waals surface area (Å²) in [5.74, 6) is 2.04. The molecule has 1 aliphatic heterocycles. The molecule has 12 nitrogen and oxygen atoms in total. The number of aryl methyl sites for hydroxylation is 2. The lowest BCUT2D eigenvalue weighted by atomic mass is 10.2. The van der Waals surface area contributed by atoms with Crippen LogP contribution in [0.4, 0.5) is 5.69 Å². The highest BCUT2D eigenvalue weighted by Gasteiger charge is 2.27. The Hall–Kier alpha value is -4.36. The van der Waals surface area contributed by atoms with Crippen molar-refractivity contribution >= 4 is 26.7 Å². The highest BCUT2D eigenvalue weighted by molar-refractivity contribution is 7.92. The lowest BCUT2D eigenvalue weighted by molar-refractivity contribution is 0.167. The average molecular weight is 614 g/mol. The van der Waals surface area contributed by atoms with Gasteiger partial charge in [0.05, 0.1) is 29.9 Å². The SMILES string of the molecule is CCCOc1cc(OCCCOC)cc(Oc2cc3c(cc2NS(=O)(=O)c2cccc4c2OCCO4)n(C)c(=O)n3C)c1. The summed E-state index contributed by atoms with van der Waals surface area (Å²) in [6.45, 7) is 4.00. The van der Waals surface area contributed by atoms with Gasteiger partial charge in [-0.1, -0.05) is 13.0 Å². The second kappa shape index (κ2) is 12.9. The number of hydrogen-bond donors (Lipinski definition) is 1. The molecule has 0 fully saturated rings. The summed E-state index contributed by atoms with van der Waals surface area (Å²) in [6, 6.07) is 13.0. The molecule has 0 amide bonds. The molecule has 1 aliphatic rings. The van der Waals surface area contributed by atoms with Crippen LogP contribution >= 0.6 is 0 Å². The maximum absolute atomic E-state index is 13.7. The van der Waals surface area contributed by atoms with Gasteiger partial charge < -0.3 is 28.4 Å². The number of hydrogen-bond acceptors (Lipinski definition) is 9. The third-order valence-electron chi connectivity index (χ3n) is 6.75. The van der Waals surface area contributed by atoms with Crippen molar-refractivity contribution < 1.29 is 36.8 Å². The van der Waals surface area contributed by atoms with Crippen LogP contribution in [-0.2, 0) is 28.9 Å². The van der Waals surface area contributed by atoms with Crippen molar-refractivity contribution in [2.45, 2.75) is 24.7 Å². The van der Waals surface area contributed by atoms with E-state index in [1.165, 1.54) is 15.2 Å². The molecule has 13 heteroatoms. The molecule has 3 aromatic carbocycles. The number of nitrogens with zero attached hydrogens (tertiary/aromatic N) is 2. The van der Waals surface area contributed by atoms with Crippen LogP contribution in [0.5, 0.6) is 34.5 Å². The van der Waals surface area contributed by atoms with Gasteiger partial charge in [0, 0.05) is 58.5 Å². The third kappa shape index (κ3) is 6.52. The van der Waals surface area contributed by atoms with Crippen LogP contribution in [0.1, 0.15) is 19.8 Å². The summed E-state index contributed by atoms with van der Waals surface area (Å²) in [7, 11) is 0.689. The second-order valence-corrected chi connectivity index (χ2v) is 11.6. The fourth-order valence-corrected chi connectivity index (χ4v) is 5.88. The molecule has 43 heavy (non-hydrogen) atoms. The van der Waals surface area contributed by atoms with Crippen LogP contribution in [0.25, 0.3) is 11.0 Å². The maximum atomic E-state index is 13.7. The van der Waals surface area contributed by atoms with E-state index in [4.69, 9.17) is 28.4 Å². The van der Waals surface area contributed by atoms with Gasteiger partial charge in [0.15, 0.2) is 17.2 Å². The molecule has 0 radical (unpaired) electrons. The van der Waals surface area contributed by atoms with Crippen LogP contribution in [0.3, 0.4) is 0 Å². The summed E-state index contributed by atoms with van der Waals surface area (Å²) in [5.41, 5.74) is 0.902. The van der Waals surface area contributed by atoms with E-state index >= 15 is 0 Å². The van der Waals surface area contributed by atoms with Gasteiger partial charge in [-0.3, -0.25) is 13.9 Å². The molecular weight excluding hydrogens is 578 g/mol. The predicted octanol–water partition coefficient (Wildman–Crippen LogP) is 4.45. The first-order valence-electron chi connectivity index (χ1n) is 13.9. The van der Waals surface area contributed by atoms with Crippen LogP contribution in [0.2, 0.25) is 0 Å². The van der Waals surface area contributed by atoms with E-state index in [9.17, 15) is 13.2 Å². The first-order chi connectivity index (χ1) is 20.7. The number of anilines is 1. The van der Waals surface area contributed by atoms with Gasteiger partial charge in [0.2, 0.25) is 0 Å². The first kappa shape index (κ1) is 30.1. The summed E-state index contributed by atoms with van der Waals surface area (Å²) in [6.07, 6.45) is 1.49. The number of nitrogens with one attached hydrogen (secondary N) is 1. The van der Waals surface area contributed by atoms with Crippen molar-refractivity contribution in [2.75, 3.05) is 44.9 Å². The maximum Gasteiger partial charge on any atom is 0.328 e. The van der Waals surface area contributed by atoms with Crippen LogP contribution in [-0.4, -0.2) is 57.7 Å². The number of benzene rings is 3. The molecular formula is C30H35N3O9S. The van der Waals surface area contributed by atoms with Crippen molar-refractivity contribution in [3.63, 3.8) is 0 Å². The molecule has 4 aromatic rings. The number of aromatic nitrogens is 2. The standard InChI is InChI=1S/C30H35N3O9S/c1-5-10-38-20-15-21(39-12-7-11-37-4)17-22(16-20)42-27-19-25-24(32(2)30(34)33(25)3)18-23(27)31-43(35,36)28-9-6-8-26-29(28)41-14-13-40-26/h6,8-9,15-19,31H,5,7,10-14H2,1-4H3. The van der Waals surface area contributed by atoms with Gasteiger partial charge in [-0.05, 0) is 24.6 Å². The topological polar surface area (TPSA) is 128 Å². The van der Waals surface area contributed by atoms with Gasteiger partial charge in [0.25, 0.3) is 10.0 Å². The fraction of sp³-hybridized carbons (Fsp3) is 0.367. The van der Waals surface area contributed by atoms with E-state index in [0.29, 0.717) is 66.9 Å². The molecule has 230 valence electrons. The van der Waals surface area contributed by atoms with Gasteiger partial charge >= 0.3 is 5.69 Å². The Bertz CT molecular complexity index is 1780. The highest BCUT2D eigenvalue weighted by atomic mass is 32.2. The molecule has 0 bridgehead atoms. The fourth-order valence-electron chi connectivity index (χ4n) is 4.66. The van der Waals surface area contributed by atoms with Crippen molar-refractivity contribution in [3.8, 4) is 34.5 Å². The number of ether oxygens (including phenoxy) is 6. The van der Waals surface area contributed by atoms with E-state index in [-0.39, 0.29) is 34.4 Å². The predicted molar refractivity (Wildman–Crippen MR) is 161 cm³/mol. The molecule has 1 aromatic heterocycles. The van der Waals surface area contributed by atoms with E-state index in [1.807, 2.05) is 6.92 Å². The van der Waals surface area contributed by atoms with Crippen LogP contribution in [0, 0.1) is 0 Å². The molecule has 0 unspecified atom stereocenters. The zero-order valence-corrected chi connectivity index (χ0v) is 25.4. The molecule has 0 saturated heterocycles. The van der Waals surface area contributed by atoms with Crippen molar-refractivity contribution in [1.29, 1.82) is 0 Å². The second-order valence-electron chi connectivity index (χ2n) is 9.91. The molecule has 1 N–H and O–H groups in total. The largest absolute Gasteiger partial charge is 0.493 e. The summed E-state index contributed by atoms with van der Waals surface area (Å²) in [5, 5.41) is 0. The first-order valence-corrected chi connectivity index (χ1v) is 15.4. The molecule has 5 rings (SSSR count). The van der Waals surface area contributed by atoms with Gasteiger partial charge in [0.1, 0.15) is 35.4 Å². The van der Waals surface area contributed by atoms with Crippen molar-refractivity contribution in [3.05, 3.63) is 59.0 Å². The van der Waals surface area contributed by atoms with Gasteiger partial charge in [-0.25, -0.2) is 13.2 Å². The minimum atomic E-state index is -4.19. The number of fused-ring (bicyclic) bond motifs is 2. The van der Waals surface area contributed by atoms with Crippen molar-refractivity contribution in [1.82, 2.24) is 9.13 Å². The van der Waals surface area contributed by atoms with Crippen molar-refractivity contribution in [2.24, 2.45) is 14.1 Å². The van der Waals surface area contributed by atoms with E-state index in [1.54, 1.807) is 63.7 Å². The zero-order chi connectivity index (χ0) is 30.6. The zero-order valence-electron chi connectivity index (χ0n) is 24.5. The summed E-state index contributed by atoms with van der Waals surface area (Å²) < 4.78 is 67.5. The molecule has 0 spiro atoms. The lowest BCUT2D eigenvalue weighted by Crippen LogP contribution is -2.20. The average Bonchev–Trinajstić information content (AvgIpc) is 3.20. The number of imidazole rings is 1. The van der Waals surface area contributed by atoms with E-state index < -0.39 is 10.0 Å². The molecule has 2 heterocycles. The summed E-state index contributed by atoms with van der Waals surface area (Å²) >= 11 is 0. The van der Waals surface area contributed by atoms with Crippen LogP contribution in [0.15, 0.2) is 58.2 Å². The molecule has 0 saturated carbocycles. The third-order valence-corrected chi connectivity index (χ3v) is 8.14.